The van der Waals surface area contributed by atoms with E-state index < -0.39 is 0 Å². The number of carbonyl (C=O) groups is 1. The van der Waals surface area contributed by atoms with E-state index >= 15 is 0 Å². The van der Waals surface area contributed by atoms with Crippen LogP contribution in [0.15, 0.2) is 47.5 Å². The average molecular weight is 429 g/mol. The van der Waals surface area contributed by atoms with Crippen LogP contribution in [-0.2, 0) is 23.5 Å². The third kappa shape index (κ3) is 5.75. The predicted molar refractivity (Wildman–Crippen MR) is 124 cm³/mol. The lowest BCUT2D eigenvalue weighted by Crippen LogP contribution is -2.38. The van der Waals surface area contributed by atoms with Crippen molar-refractivity contribution in [1.82, 2.24) is 10.6 Å². The van der Waals surface area contributed by atoms with E-state index in [-0.39, 0.29) is 11.7 Å². The molecule has 2 N–H and O–H groups in total. The SMILES string of the molecule is CN=C(NCCCC(=O)N1CCc2ccccc21)NCc1ccc(F)cc1CSC. The van der Waals surface area contributed by atoms with Gasteiger partial charge in [0.2, 0.25) is 5.91 Å². The molecule has 7 heteroatoms. The van der Waals surface area contributed by atoms with E-state index in [9.17, 15) is 9.18 Å². The Morgan fingerprint density at radius 2 is 2.03 bits per heavy atom. The molecule has 2 aromatic carbocycles. The number of anilines is 1. The van der Waals surface area contributed by atoms with E-state index in [4.69, 9.17) is 0 Å². The van der Waals surface area contributed by atoms with Crippen LogP contribution in [0, 0.1) is 5.82 Å². The van der Waals surface area contributed by atoms with Crippen molar-refractivity contribution in [3.8, 4) is 0 Å². The summed E-state index contributed by atoms with van der Waals surface area (Å²) in [6.07, 6.45) is 4.16. The Balaban J connectivity index is 1.43. The highest BCUT2D eigenvalue weighted by molar-refractivity contribution is 7.97. The van der Waals surface area contributed by atoms with Gasteiger partial charge in [0.15, 0.2) is 5.96 Å². The summed E-state index contributed by atoms with van der Waals surface area (Å²) in [5.74, 6) is 1.39. The maximum Gasteiger partial charge on any atom is 0.227 e. The van der Waals surface area contributed by atoms with Crippen LogP contribution in [0.5, 0.6) is 0 Å². The van der Waals surface area contributed by atoms with Gasteiger partial charge in [0.1, 0.15) is 5.82 Å². The molecule has 1 heterocycles. The van der Waals surface area contributed by atoms with Gasteiger partial charge in [-0.2, -0.15) is 11.8 Å². The summed E-state index contributed by atoms with van der Waals surface area (Å²) in [7, 11) is 1.72. The topological polar surface area (TPSA) is 56.7 Å². The molecule has 1 aliphatic rings. The lowest BCUT2D eigenvalue weighted by atomic mass is 10.1. The van der Waals surface area contributed by atoms with Gasteiger partial charge in [-0.05, 0) is 54.0 Å². The number of hydrogen-bond donors (Lipinski definition) is 2. The van der Waals surface area contributed by atoms with Crippen LogP contribution in [0.2, 0.25) is 0 Å². The Morgan fingerprint density at radius 3 is 2.83 bits per heavy atom. The zero-order valence-corrected chi connectivity index (χ0v) is 18.4. The van der Waals surface area contributed by atoms with Gasteiger partial charge in [0.25, 0.3) is 0 Å². The van der Waals surface area contributed by atoms with Crippen LogP contribution in [0.4, 0.5) is 10.1 Å². The van der Waals surface area contributed by atoms with Crippen molar-refractivity contribution in [1.29, 1.82) is 0 Å². The highest BCUT2D eigenvalue weighted by atomic mass is 32.2. The fourth-order valence-electron chi connectivity index (χ4n) is 3.64. The van der Waals surface area contributed by atoms with Crippen molar-refractivity contribution in [2.75, 3.05) is 31.3 Å². The molecule has 30 heavy (non-hydrogen) atoms. The van der Waals surface area contributed by atoms with Gasteiger partial charge in [-0.15, -0.1) is 0 Å². The van der Waals surface area contributed by atoms with Crippen molar-refractivity contribution in [2.45, 2.75) is 31.6 Å². The molecule has 0 atom stereocenters. The maximum atomic E-state index is 13.5. The molecule has 0 saturated heterocycles. The van der Waals surface area contributed by atoms with Crippen LogP contribution in [0.25, 0.3) is 0 Å². The van der Waals surface area contributed by atoms with Gasteiger partial charge in [-0.25, -0.2) is 4.39 Å². The number of nitrogens with one attached hydrogen (secondary N) is 2. The molecule has 0 spiro atoms. The van der Waals surface area contributed by atoms with Crippen LogP contribution in [-0.4, -0.2) is 38.3 Å². The fourth-order valence-corrected chi connectivity index (χ4v) is 4.21. The van der Waals surface area contributed by atoms with Gasteiger partial charge >= 0.3 is 0 Å². The number of para-hydroxylation sites is 1. The van der Waals surface area contributed by atoms with Crippen LogP contribution in [0.3, 0.4) is 0 Å². The Labute approximate surface area is 182 Å². The lowest BCUT2D eigenvalue weighted by molar-refractivity contribution is -0.118. The highest BCUT2D eigenvalue weighted by Gasteiger charge is 2.23. The minimum atomic E-state index is -0.212. The van der Waals surface area contributed by atoms with E-state index in [2.05, 4.69) is 21.7 Å². The van der Waals surface area contributed by atoms with Crippen LogP contribution in [0.1, 0.15) is 29.5 Å². The zero-order valence-electron chi connectivity index (χ0n) is 17.6. The van der Waals surface area contributed by atoms with Crippen LogP contribution < -0.4 is 15.5 Å². The number of thioether (sulfide) groups is 1. The maximum absolute atomic E-state index is 13.5. The number of carbonyl (C=O) groups excluding carboxylic acids is 1. The molecule has 0 unspecified atom stereocenters. The number of nitrogens with zero attached hydrogens (tertiary/aromatic N) is 2. The Kier molecular flexibility index (Phi) is 8.13. The summed E-state index contributed by atoms with van der Waals surface area (Å²) in [4.78, 5) is 18.7. The second-order valence-electron chi connectivity index (χ2n) is 7.23. The molecule has 1 amide bonds. The first-order valence-corrected chi connectivity index (χ1v) is 11.6. The smallest absolute Gasteiger partial charge is 0.227 e. The highest BCUT2D eigenvalue weighted by Crippen LogP contribution is 2.28. The second-order valence-corrected chi connectivity index (χ2v) is 8.09. The Bertz CT molecular complexity index is 903. The lowest BCUT2D eigenvalue weighted by Gasteiger charge is -2.18. The van der Waals surface area contributed by atoms with Gasteiger partial charge in [0, 0.05) is 44.5 Å². The molecule has 0 bridgehead atoms. The summed E-state index contributed by atoms with van der Waals surface area (Å²) in [6.45, 7) is 1.99. The molecule has 3 rings (SSSR count). The number of guanidine groups is 1. The molecule has 0 saturated carbocycles. The van der Waals surface area contributed by atoms with Crippen LogP contribution >= 0.6 is 11.8 Å². The molecule has 0 fully saturated rings. The van der Waals surface area contributed by atoms with E-state index in [1.54, 1.807) is 24.9 Å². The first-order valence-electron chi connectivity index (χ1n) is 10.2. The van der Waals surface area contributed by atoms with Crippen molar-refractivity contribution in [3.63, 3.8) is 0 Å². The predicted octanol–water partition coefficient (Wildman–Crippen LogP) is 3.72. The number of benzene rings is 2. The first-order chi connectivity index (χ1) is 14.6. The average Bonchev–Trinajstić information content (AvgIpc) is 3.19. The Morgan fingerprint density at radius 1 is 1.20 bits per heavy atom. The second kappa shape index (κ2) is 11.0. The normalized spacial score (nSPS) is 13.3. The van der Waals surface area contributed by atoms with E-state index in [0.29, 0.717) is 25.5 Å². The van der Waals surface area contributed by atoms with Gasteiger partial charge in [-0.3, -0.25) is 9.79 Å². The van der Waals surface area contributed by atoms with Gasteiger partial charge < -0.3 is 15.5 Å². The number of rotatable bonds is 8. The van der Waals surface area contributed by atoms with Gasteiger partial charge in [-0.1, -0.05) is 24.3 Å². The minimum absolute atomic E-state index is 0.165. The standard InChI is InChI=1S/C23H29FN4OS/c1-25-23(27-15-18-9-10-20(24)14-19(18)16-30-2)26-12-5-8-22(29)28-13-11-17-6-3-4-7-21(17)28/h3-4,6-7,9-10,14H,5,8,11-13,15-16H2,1-2H3,(H2,25,26,27). The molecule has 160 valence electrons. The molecular weight excluding hydrogens is 399 g/mol. The molecule has 2 aromatic rings. The van der Waals surface area contributed by atoms with E-state index in [0.717, 1.165) is 42.0 Å². The number of aliphatic imine (C=N–C) groups is 1. The van der Waals surface area contributed by atoms with E-state index in [1.807, 2.05) is 35.4 Å². The third-order valence-electron chi connectivity index (χ3n) is 5.19. The third-order valence-corrected chi connectivity index (χ3v) is 5.79. The molecular formula is C23H29FN4OS. The monoisotopic (exact) mass is 428 g/mol. The fraction of sp³-hybridized carbons (Fsp3) is 0.391. The number of amides is 1. The molecule has 5 nitrogen and oxygen atoms in total. The number of halogens is 1. The van der Waals surface area contributed by atoms with Crippen molar-refractivity contribution < 1.29 is 9.18 Å². The first kappa shape index (κ1) is 22.2. The summed E-state index contributed by atoms with van der Waals surface area (Å²) in [6, 6.07) is 13.0. The summed E-state index contributed by atoms with van der Waals surface area (Å²) in [5, 5.41) is 6.53. The van der Waals surface area contributed by atoms with Crippen molar-refractivity contribution >= 4 is 29.3 Å². The molecule has 0 aromatic heterocycles. The summed E-state index contributed by atoms with van der Waals surface area (Å²) >= 11 is 1.67. The van der Waals surface area contributed by atoms with Crippen molar-refractivity contribution in [3.05, 3.63) is 65.0 Å². The molecule has 1 aliphatic heterocycles. The van der Waals surface area contributed by atoms with Crippen molar-refractivity contribution in [2.24, 2.45) is 4.99 Å². The van der Waals surface area contributed by atoms with Gasteiger partial charge in [0.05, 0.1) is 0 Å². The Hall–Kier alpha value is -2.54. The van der Waals surface area contributed by atoms with E-state index in [1.165, 1.54) is 11.6 Å². The number of fused-ring (bicyclic) bond motifs is 1. The minimum Gasteiger partial charge on any atom is -0.356 e. The molecule has 0 aliphatic carbocycles. The largest absolute Gasteiger partial charge is 0.356 e. The molecule has 0 radical (unpaired) electrons. The zero-order chi connectivity index (χ0) is 21.3. The summed E-state index contributed by atoms with van der Waals surface area (Å²) in [5.41, 5.74) is 4.34. The number of hydrogen-bond acceptors (Lipinski definition) is 3. The quantitative estimate of drug-likeness (QED) is 0.382. The summed E-state index contributed by atoms with van der Waals surface area (Å²) < 4.78 is 13.5.